The van der Waals surface area contributed by atoms with Gasteiger partial charge in [0.2, 0.25) is 5.78 Å². The Morgan fingerprint density at radius 2 is 2.24 bits per heavy atom. The van der Waals surface area contributed by atoms with Crippen LogP contribution in [0.4, 0.5) is 4.39 Å². The molecule has 0 aliphatic heterocycles. The van der Waals surface area contributed by atoms with Crippen molar-refractivity contribution in [3.63, 3.8) is 0 Å². The van der Waals surface area contributed by atoms with E-state index in [9.17, 15) is 9.18 Å². The summed E-state index contributed by atoms with van der Waals surface area (Å²) in [5.74, 6) is -0.571. The fraction of sp³-hybridized carbons (Fsp3) is 0.231. The number of hydrogen-bond donors (Lipinski definition) is 0. The summed E-state index contributed by atoms with van der Waals surface area (Å²) < 4.78 is 15.5. The number of imidazole rings is 1. The second-order valence-corrected chi connectivity index (χ2v) is 3.80. The molecule has 0 unspecified atom stereocenters. The van der Waals surface area contributed by atoms with Crippen LogP contribution in [0.2, 0.25) is 0 Å². The van der Waals surface area contributed by atoms with Gasteiger partial charge >= 0.3 is 0 Å². The van der Waals surface area contributed by atoms with Crippen molar-refractivity contribution in [3.05, 3.63) is 53.4 Å². The molecule has 2 rings (SSSR count). The zero-order chi connectivity index (χ0) is 12.4. The molecular weight excluding hydrogens is 219 g/mol. The average molecular weight is 232 g/mol. The number of carbonyl (C=O) groups excluding carboxylic acids is 1. The van der Waals surface area contributed by atoms with Gasteiger partial charge in [-0.15, -0.1) is 0 Å². The third-order valence-electron chi connectivity index (χ3n) is 2.70. The van der Waals surface area contributed by atoms with Gasteiger partial charge in [0.15, 0.2) is 5.82 Å². The van der Waals surface area contributed by atoms with E-state index >= 15 is 0 Å². The van der Waals surface area contributed by atoms with E-state index in [4.69, 9.17) is 0 Å². The van der Waals surface area contributed by atoms with Crippen LogP contribution in [0.5, 0.6) is 0 Å². The van der Waals surface area contributed by atoms with Crippen LogP contribution in [0.3, 0.4) is 0 Å². The second-order valence-electron chi connectivity index (χ2n) is 3.80. The van der Waals surface area contributed by atoms with E-state index in [0.29, 0.717) is 12.1 Å². The molecule has 0 spiro atoms. The van der Waals surface area contributed by atoms with Crippen LogP contribution in [0.1, 0.15) is 28.7 Å². The van der Waals surface area contributed by atoms with E-state index in [1.54, 1.807) is 36.0 Å². The van der Waals surface area contributed by atoms with Crippen molar-refractivity contribution < 1.29 is 9.18 Å². The number of rotatable bonds is 3. The van der Waals surface area contributed by atoms with Crippen molar-refractivity contribution >= 4 is 5.78 Å². The molecule has 17 heavy (non-hydrogen) atoms. The molecule has 0 aliphatic carbocycles. The molecule has 1 heterocycles. The van der Waals surface area contributed by atoms with Crippen molar-refractivity contribution in [1.82, 2.24) is 9.55 Å². The highest BCUT2D eigenvalue weighted by atomic mass is 19.1. The number of carbonyl (C=O) groups is 1. The standard InChI is InChI=1S/C13H13FN2O/c1-3-16-8-7-15-13(16)12(17)10-6-4-5-9(2)11(10)14/h4-8H,3H2,1-2H3. The fourth-order valence-electron chi connectivity index (χ4n) is 1.72. The fourth-order valence-corrected chi connectivity index (χ4v) is 1.72. The summed E-state index contributed by atoms with van der Waals surface area (Å²) in [6.45, 7) is 4.18. The van der Waals surface area contributed by atoms with Gasteiger partial charge in [-0.2, -0.15) is 0 Å². The smallest absolute Gasteiger partial charge is 0.231 e. The molecular formula is C13H13FN2O. The van der Waals surface area contributed by atoms with E-state index in [1.165, 1.54) is 6.07 Å². The first-order chi connectivity index (χ1) is 8.15. The lowest BCUT2D eigenvalue weighted by atomic mass is 10.1. The number of hydrogen-bond acceptors (Lipinski definition) is 2. The Morgan fingerprint density at radius 3 is 2.94 bits per heavy atom. The lowest BCUT2D eigenvalue weighted by Crippen LogP contribution is -2.12. The monoisotopic (exact) mass is 232 g/mol. The minimum absolute atomic E-state index is 0.0749. The van der Waals surface area contributed by atoms with Gasteiger partial charge < -0.3 is 4.57 Å². The molecule has 3 nitrogen and oxygen atoms in total. The zero-order valence-electron chi connectivity index (χ0n) is 9.77. The predicted molar refractivity (Wildman–Crippen MR) is 62.5 cm³/mol. The van der Waals surface area contributed by atoms with Gasteiger partial charge in [0.05, 0.1) is 5.56 Å². The molecule has 1 aromatic carbocycles. The second kappa shape index (κ2) is 4.49. The Kier molecular flexibility index (Phi) is 3.04. The number of aryl methyl sites for hydroxylation is 2. The van der Waals surface area contributed by atoms with Crippen LogP contribution < -0.4 is 0 Å². The molecule has 0 saturated heterocycles. The van der Waals surface area contributed by atoms with Crippen molar-refractivity contribution in [1.29, 1.82) is 0 Å². The Morgan fingerprint density at radius 1 is 1.47 bits per heavy atom. The van der Waals surface area contributed by atoms with Crippen molar-refractivity contribution in [2.45, 2.75) is 20.4 Å². The first-order valence-electron chi connectivity index (χ1n) is 5.46. The molecule has 0 fully saturated rings. The molecule has 0 radical (unpaired) electrons. The van der Waals surface area contributed by atoms with E-state index in [-0.39, 0.29) is 17.2 Å². The van der Waals surface area contributed by atoms with Crippen LogP contribution >= 0.6 is 0 Å². The predicted octanol–water partition coefficient (Wildman–Crippen LogP) is 2.58. The van der Waals surface area contributed by atoms with Crippen LogP contribution in [0.15, 0.2) is 30.6 Å². The van der Waals surface area contributed by atoms with E-state index in [2.05, 4.69) is 4.98 Å². The maximum Gasteiger partial charge on any atom is 0.231 e. The van der Waals surface area contributed by atoms with Crippen molar-refractivity contribution in [3.8, 4) is 0 Å². The number of halogens is 1. The third-order valence-corrected chi connectivity index (χ3v) is 2.70. The van der Waals surface area contributed by atoms with Gasteiger partial charge in [-0.05, 0) is 25.5 Å². The summed E-state index contributed by atoms with van der Waals surface area (Å²) in [4.78, 5) is 16.1. The van der Waals surface area contributed by atoms with Gasteiger partial charge in [0, 0.05) is 18.9 Å². The van der Waals surface area contributed by atoms with Gasteiger partial charge in [-0.25, -0.2) is 9.37 Å². The van der Waals surface area contributed by atoms with Gasteiger partial charge in [-0.3, -0.25) is 4.79 Å². The van der Waals surface area contributed by atoms with Crippen LogP contribution in [-0.2, 0) is 6.54 Å². The molecule has 1 aromatic heterocycles. The molecule has 0 aliphatic rings. The molecule has 0 N–H and O–H groups in total. The zero-order valence-corrected chi connectivity index (χ0v) is 9.77. The summed E-state index contributed by atoms with van der Waals surface area (Å²) in [6, 6.07) is 4.79. The Balaban J connectivity index is 2.48. The normalized spacial score (nSPS) is 10.5. The molecule has 0 bridgehead atoms. The SMILES string of the molecule is CCn1ccnc1C(=O)c1cccc(C)c1F. The number of ketones is 1. The van der Waals surface area contributed by atoms with Gasteiger partial charge in [-0.1, -0.05) is 12.1 Å². The molecule has 4 heteroatoms. The topological polar surface area (TPSA) is 34.9 Å². The van der Waals surface area contributed by atoms with Crippen molar-refractivity contribution in [2.75, 3.05) is 0 Å². The van der Waals surface area contributed by atoms with E-state index in [1.807, 2.05) is 6.92 Å². The highest BCUT2D eigenvalue weighted by molar-refractivity contribution is 6.07. The summed E-state index contributed by atoms with van der Waals surface area (Å²) in [5.41, 5.74) is 0.538. The first-order valence-corrected chi connectivity index (χ1v) is 5.46. The van der Waals surface area contributed by atoms with Crippen LogP contribution in [0, 0.1) is 12.7 Å². The van der Waals surface area contributed by atoms with Crippen LogP contribution in [-0.4, -0.2) is 15.3 Å². The minimum atomic E-state index is -0.469. The van der Waals surface area contributed by atoms with Crippen LogP contribution in [0.25, 0.3) is 0 Å². The van der Waals surface area contributed by atoms with Crippen molar-refractivity contribution in [2.24, 2.45) is 0 Å². The molecule has 2 aromatic rings. The Bertz CT molecular complexity index is 560. The maximum absolute atomic E-state index is 13.8. The number of nitrogens with zero attached hydrogens (tertiary/aromatic N) is 2. The summed E-state index contributed by atoms with van der Waals surface area (Å²) in [7, 11) is 0. The minimum Gasteiger partial charge on any atom is -0.328 e. The molecule has 0 atom stereocenters. The lowest BCUT2D eigenvalue weighted by molar-refractivity contribution is 0.102. The molecule has 88 valence electrons. The average Bonchev–Trinajstić information content (AvgIpc) is 2.80. The van der Waals surface area contributed by atoms with E-state index in [0.717, 1.165) is 0 Å². The maximum atomic E-state index is 13.8. The quantitative estimate of drug-likeness (QED) is 0.762. The highest BCUT2D eigenvalue weighted by Gasteiger charge is 2.18. The lowest BCUT2D eigenvalue weighted by Gasteiger charge is -2.06. The number of benzene rings is 1. The Labute approximate surface area is 98.9 Å². The largest absolute Gasteiger partial charge is 0.328 e. The summed E-state index contributed by atoms with van der Waals surface area (Å²) in [6.07, 6.45) is 3.26. The highest BCUT2D eigenvalue weighted by Crippen LogP contribution is 2.15. The summed E-state index contributed by atoms with van der Waals surface area (Å²) >= 11 is 0. The van der Waals surface area contributed by atoms with Gasteiger partial charge in [0.25, 0.3) is 0 Å². The first kappa shape index (κ1) is 11.5. The van der Waals surface area contributed by atoms with E-state index < -0.39 is 5.82 Å². The number of aromatic nitrogens is 2. The molecule has 0 saturated carbocycles. The van der Waals surface area contributed by atoms with Gasteiger partial charge in [0.1, 0.15) is 5.82 Å². The molecule has 0 amide bonds. The summed E-state index contributed by atoms with van der Waals surface area (Å²) in [5, 5.41) is 0. The third kappa shape index (κ3) is 1.98. The Hall–Kier alpha value is -1.97.